The molecule has 5 nitrogen and oxygen atoms in total. The smallest absolute Gasteiger partial charge is 0.316 e. The number of thioether (sulfide) groups is 1. The van der Waals surface area contributed by atoms with E-state index in [1.807, 2.05) is 47.4 Å². The molecule has 2 heterocycles. The Morgan fingerprint density at radius 2 is 1.86 bits per heavy atom. The highest BCUT2D eigenvalue weighted by Gasteiger charge is 2.56. The van der Waals surface area contributed by atoms with Crippen molar-refractivity contribution in [2.24, 2.45) is 0 Å². The molecule has 0 radical (unpaired) electrons. The number of amidine groups is 1. The molecule has 2 aromatic carbocycles. The highest BCUT2D eigenvalue weighted by molar-refractivity contribution is 8.14. The minimum Gasteiger partial charge on any atom is -1.00 e. The van der Waals surface area contributed by atoms with E-state index in [4.69, 9.17) is 9.47 Å². The van der Waals surface area contributed by atoms with Crippen molar-refractivity contribution in [3.8, 4) is 11.5 Å². The van der Waals surface area contributed by atoms with Gasteiger partial charge in [-0.2, -0.15) is 4.90 Å². The van der Waals surface area contributed by atoms with Crippen LogP contribution in [0.3, 0.4) is 0 Å². The zero-order valence-corrected chi connectivity index (χ0v) is 18.7. The van der Waals surface area contributed by atoms with Gasteiger partial charge < -0.3 is 31.6 Å². The van der Waals surface area contributed by atoms with Gasteiger partial charge in [0.05, 0.1) is 20.8 Å². The second-order valence-corrected chi connectivity index (χ2v) is 8.02. The van der Waals surface area contributed by atoms with Crippen LogP contribution in [0, 0.1) is 6.92 Å². The van der Waals surface area contributed by atoms with E-state index in [2.05, 4.69) is 11.5 Å². The third kappa shape index (κ3) is 3.51. The average molecular weight is 465 g/mol. The first-order chi connectivity index (χ1) is 13.1. The Kier molecular flexibility index (Phi) is 6.27. The van der Waals surface area contributed by atoms with E-state index in [1.54, 1.807) is 26.0 Å². The van der Waals surface area contributed by atoms with Crippen LogP contribution in [0.5, 0.6) is 11.5 Å². The quantitative estimate of drug-likeness (QED) is 0.654. The molecule has 0 amide bonds. The van der Waals surface area contributed by atoms with Gasteiger partial charge in [0.1, 0.15) is 5.75 Å². The predicted octanol–water partition coefficient (Wildman–Crippen LogP) is 0.187. The molecule has 1 unspecified atom stereocenters. The summed E-state index contributed by atoms with van der Waals surface area (Å²) in [7, 11) is 3.30. The molecular formula is C21H25BrN2O3S. The minimum atomic E-state index is -1.17. The lowest BCUT2D eigenvalue weighted by Gasteiger charge is -2.29. The molecule has 0 bridgehead atoms. The molecule has 0 saturated carbocycles. The Morgan fingerprint density at radius 3 is 2.54 bits per heavy atom. The Hall–Kier alpha value is -1.70. The summed E-state index contributed by atoms with van der Waals surface area (Å²) in [6.07, 6.45) is 1.11. The number of anilines is 1. The fourth-order valence-electron chi connectivity index (χ4n) is 3.77. The molecule has 2 aliphatic rings. The molecule has 1 N–H and O–H groups in total. The Labute approximate surface area is 180 Å². The van der Waals surface area contributed by atoms with Crippen LogP contribution in [0.2, 0.25) is 0 Å². The van der Waals surface area contributed by atoms with Crippen LogP contribution >= 0.6 is 11.8 Å². The maximum absolute atomic E-state index is 11.9. The van der Waals surface area contributed by atoms with Crippen LogP contribution in [0.4, 0.5) is 5.69 Å². The van der Waals surface area contributed by atoms with Crippen LogP contribution in [-0.2, 0) is 5.72 Å². The van der Waals surface area contributed by atoms with Gasteiger partial charge in [-0.25, -0.2) is 4.58 Å². The number of aliphatic hydroxyl groups is 1. The zero-order valence-electron chi connectivity index (χ0n) is 16.3. The summed E-state index contributed by atoms with van der Waals surface area (Å²) in [5.74, 6) is 2.48. The zero-order chi connectivity index (χ0) is 19.0. The molecule has 0 spiro atoms. The number of benzene rings is 2. The topological polar surface area (TPSA) is 44.9 Å². The third-order valence-electron chi connectivity index (χ3n) is 5.19. The third-order valence-corrected chi connectivity index (χ3v) is 6.38. The summed E-state index contributed by atoms with van der Waals surface area (Å²) >= 11 is 1.78. The van der Waals surface area contributed by atoms with E-state index in [1.165, 1.54) is 5.56 Å². The number of rotatable bonds is 4. The van der Waals surface area contributed by atoms with E-state index in [9.17, 15) is 5.11 Å². The summed E-state index contributed by atoms with van der Waals surface area (Å²) in [6, 6.07) is 13.8. The number of methoxy groups -OCH3 is 2. The van der Waals surface area contributed by atoms with E-state index in [-0.39, 0.29) is 17.0 Å². The van der Waals surface area contributed by atoms with Crippen molar-refractivity contribution in [2.45, 2.75) is 19.1 Å². The fraction of sp³-hybridized carbons (Fsp3) is 0.381. The lowest BCUT2D eigenvalue weighted by Crippen LogP contribution is -3.00. The molecule has 28 heavy (non-hydrogen) atoms. The molecule has 7 heteroatoms. The Morgan fingerprint density at radius 1 is 1.11 bits per heavy atom. The van der Waals surface area contributed by atoms with Gasteiger partial charge in [-0.05, 0) is 37.2 Å². The van der Waals surface area contributed by atoms with Crippen molar-refractivity contribution in [3.63, 3.8) is 0 Å². The molecule has 0 fully saturated rings. The standard InChI is InChI=1S/C21H25N2O3S.BrH/c1-15-5-7-16(8-6-15)21(24)14-22-11-4-12-27-20(22)23(21)18-13-17(25-2)9-10-19(18)26-3;/h5-10,13,24H,4,11-12,14H2,1-3H3;1H/q+1;/p-1. The lowest BCUT2D eigenvalue weighted by molar-refractivity contribution is -0.532. The molecule has 0 aromatic heterocycles. The van der Waals surface area contributed by atoms with Crippen LogP contribution in [-0.4, -0.2) is 47.9 Å². The number of ether oxygens (including phenoxy) is 2. The molecular weight excluding hydrogens is 440 g/mol. The normalized spacial score (nSPS) is 21.2. The van der Waals surface area contributed by atoms with E-state index in [0.717, 1.165) is 40.9 Å². The van der Waals surface area contributed by atoms with Gasteiger partial charge in [0.25, 0.3) is 5.72 Å². The van der Waals surface area contributed by atoms with Crippen molar-refractivity contribution >= 4 is 22.6 Å². The van der Waals surface area contributed by atoms with Crippen molar-refractivity contribution in [3.05, 3.63) is 53.6 Å². The van der Waals surface area contributed by atoms with Crippen molar-refractivity contribution in [1.82, 2.24) is 0 Å². The highest BCUT2D eigenvalue weighted by Crippen LogP contribution is 2.44. The Bertz CT molecular complexity index is 888. The Balaban J connectivity index is 0.00000225. The predicted molar refractivity (Wildman–Crippen MR) is 109 cm³/mol. The van der Waals surface area contributed by atoms with Gasteiger partial charge in [-0.1, -0.05) is 29.8 Å². The summed E-state index contributed by atoms with van der Waals surface area (Å²) in [5, 5.41) is 13.0. The number of hydrogen-bond donors (Lipinski definition) is 1. The van der Waals surface area contributed by atoms with Crippen LogP contribution in [0.15, 0.2) is 42.5 Å². The molecule has 1 atom stereocenters. The van der Waals surface area contributed by atoms with Gasteiger partial charge in [0, 0.05) is 17.4 Å². The number of nitrogens with zero attached hydrogens (tertiary/aromatic N) is 2. The molecule has 0 aliphatic carbocycles. The lowest BCUT2D eigenvalue weighted by atomic mass is 9.99. The average Bonchev–Trinajstić information content (AvgIpc) is 3.00. The van der Waals surface area contributed by atoms with Gasteiger partial charge in [-0.15, -0.1) is 0 Å². The summed E-state index contributed by atoms with van der Waals surface area (Å²) in [6.45, 7) is 3.53. The number of halogens is 1. The minimum absolute atomic E-state index is 0. The SMILES string of the molecule is COc1ccc(OC)c(N2C3=[N+](CCCS3)CC2(O)c2ccc(C)cc2)c1.[Br-]. The van der Waals surface area contributed by atoms with Crippen molar-refractivity contribution < 1.29 is 36.1 Å². The number of aryl methyl sites for hydroxylation is 1. The van der Waals surface area contributed by atoms with Crippen LogP contribution in [0.1, 0.15) is 17.5 Å². The van der Waals surface area contributed by atoms with Gasteiger partial charge >= 0.3 is 5.17 Å². The first-order valence-electron chi connectivity index (χ1n) is 9.13. The van der Waals surface area contributed by atoms with Gasteiger partial charge in [0.15, 0.2) is 18.0 Å². The van der Waals surface area contributed by atoms with E-state index >= 15 is 0 Å². The maximum Gasteiger partial charge on any atom is 0.316 e. The molecule has 0 saturated heterocycles. The summed E-state index contributed by atoms with van der Waals surface area (Å²) < 4.78 is 13.4. The van der Waals surface area contributed by atoms with Gasteiger partial charge in [0.2, 0.25) is 0 Å². The monoisotopic (exact) mass is 464 g/mol. The second kappa shape index (κ2) is 8.35. The van der Waals surface area contributed by atoms with Crippen molar-refractivity contribution in [2.75, 3.05) is 38.0 Å². The molecule has 2 aromatic rings. The second-order valence-electron chi connectivity index (χ2n) is 6.96. The molecule has 150 valence electrons. The number of hydrogen-bond acceptors (Lipinski definition) is 5. The molecule has 4 rings (SSSR count). The summed E-state index contributed by atoms with van der Waals surface area (Å²) in [5.41, 5.74) is 1.69. The van der Waals surface area contributed by atoms with Gasteiger partial charge in [-0.3, -0.25) is 0 Å². The van der Waals surface area contributed by atoms with Crippen LogP contribution in [0.25, 0.3) is 0 Å². The summed E-state index contributed by atoms with van der Waals surface area (Å²) in [4.78, 5) is 2.02. The highest BCUT2D eigenvalue weighted by atomic mass is 79.9. The fourth-order valence-corrected chi connectivity index (χ4v) is 4.94. The first kappa shape index (κ1) is 21.0. The first-order valence-corrected chi connectivity index (χ1v) is 10.1. The maximum atomic E-state index is 11.9. The largest absolute Gasteiger partial charge is 1.00 e. The van der Waals surface area contributed by atoms with E-state index < -0.39 is 5.72 Å². The van der Waals surface area contributed by atoms with E-state index in [0.29, 0.717) is 12.3 Å². The van der Waals surface area contributed by atoms with Crippen molar-refractivity contribution in [1.29, 1.82) is 0 Å². The van der Waals surface area contributed by atoms with Crippen LogP contribution < -0.4 is 31.4 Å². The molecule has 2 aliphatic heterocycles.